The average Bonchev–Trinajstić information content (AvgIpc) is 2.06. The number of hydrogen-bond acceptors (Lipinski definition) is 1. The van der Waals surface area contributed by atoms with E-state index in [4.69, 9.17) is 0 Å². The van der Waals surface area contributed by atoms with Gasteiger partial charge in [-0.1, -0.05) is 11.6 Å². The van der Waals surface area contributed by atoms with Crippen molar-refractivity contribution in [2.45, 2.75) is 32.7 Å². The van der Waals surface area contributed by atoms with Crippen molar-refractivity contribution in [1.82, 2.24) is 4.90 Å². The molecule has 0 bridgehead atoms. The highest BCUT2D eigenvalue weighted by Crippen LogP contribution is 2.37. The van der Waals surface area contributed by atoms with Gasteiger partial charge in [-0.3, -0.25) is 4.90 Å². The highest BCUT2D eigenvalue weighted by molar-refractivity contribution is 5.25. The summed E-state index contributed by atoms with van der Waals surface area (Å²) in [7, 11) is 0. The van der Waals surface area contributed by atoms with E-state index in [1.54, 1.807) is 5.57 Å². The molecular formula is C10H17N. The van der Waals surface area contributed by atoms with Gasteiger partial charge >= 0.3 is 0 Å². The molecule has 0 spiro atoms. The summed E-state index contributed by atoms with van der Waals surface area (Å²) in [6.45, 7) is 9.44. The molecule has 1 aliphatic carbocycles. The van der Waals surface area contributed by atoms with E-state index < -0.39 is 0 Å². The highest BCUT2D eigenvalue weighted by atomic mass is 15.2. The minimum Gasteiger partial charge on any atom is -0.294 e. The van der Waals surface area contributed by atoms with Crippen LogP contribution in [0.4, 0.5) is 0 Å². The molecule has 0 radical (unpaired) electrons. The Morgan fingerprint density at radius 1 is 1.45 bits per heavy atom. The Balaban J connectivity index is 2.06. The van der Waals surface area contributed by atoms with Gasteiger partial charge in [-0.15, -0.1) is 0 Å². The summed E-state index contributed by atoms with van der Waals surface area (Å²) in [6, 6.07) is 0. The van der Waals surface area contributed by atoms with E-state index in [0.717, 1.165) is 5.92 Å². The molecule has 0 aromatic rings. The molecule has 11 heavy (non-hydrogen) atoms. The third-order valence-corrected chi connectivity index (χ3v) is 2.95. The number of allylic oxidation sites excluding steroid dienone is 1. The molecule has 1 aliphatic heterocycles. The van der Waals surface area contributed by atoms with Crippen molar-refractivity contribution in [3.05, 3.63) is 11.6 Å². The molecule has 0 amide bonds. The van der Waals surface area contributed by atoms with E-state index >= 15 is 0 Å². The molecule has 0 saturated carbocycles. The monoisotopic (exact) mass is 151 g/mol. The summed E-state index contributed by atoms with van der Waals surface area (Å²) < 4.78 is 0. The SMILES string of the molecule is CC(C)(C)N1CC2=CCC2C1. The summed E-state index contributed by atoms with van der Waals surface area (Å²) in [4.78, 5) is 2.58. The van der Waals surface area contributed by atoms with Crippen molar-refractivity contribution < 1.29 is 0 Å². The molecule has 1 unspecified atom stereocenters. The zero-order valence-electron chi connectivity index (χ0n) is 7.72. The Labute approximate surface area is 69.1 Å². The molecular weight excluding hydrogens is 134 g/mol. The molecule has 1 heteroatoms. The Kier molecular flexibility index (Phi) is 1.40. The van der Waals surface area contributed by atoms with Gasteiger partial charge in [0.2, 0.25) is 0 Å². The van der Waals surface area contributed by atoms with Gasteiger partial charge in [0, 0.05) is 18.6 Å². The lowest BCUT2D eigenvalue weighted by atomic mass is 9.88. The van der Waals surface area contributed by atoms with Crippen LogP contribution in [0.3, 0.4) is 0 Å². The van der Waals surface area contributed by atoms with Crippen LogP contribution < -0.4 is 0 Å². The molecule has 0 N–H and O–H groups in total. The smallest absolute Gasteiger partial charge is 0.0201 e. The quantitative estimate of drug-likeness (QED) is 0.479. The minimum atomic E-state index is 0.373. The second-order valence-electron chi connectivity index (χ2n) is 4.76. The largest absolute Gasteiger partial charge is 0.294 e. The van der Waals surface area contributed by atoms with Crippen LogP contribution in [-0.4, -0.2) is 23.5 Å². The summed E-state index contributed by atoms with van der Waals surface area (Å²) in [6.07, 6.45) is 3.73. The van der Waals surface area contributed by atoms with Gasteiger partial charge in [0.25, 0.3) is 0 Å². The fraction of sp³-hybridized carbons (Fsp3) is 0.800. The van der Waals surface area contributed by atoms with Crippen LogP contribution in [0, 0.1) is 5.92 Å². The van der Waals surface area contributed by atoms with Gasteiger partial charge in [-0.2, -0.15) is 0 Å². The molecule has 1 fully saturated rings. The van der Waals surface area contributed by atoms with Crippen LogP contribution in [0.25, 0.3) is 0 Å². The number of likely N-dealkylation sites (tertiary alicyclic amines) is 1. The predicted molar refractivity (Wildman–Crippen MR) is 47.5 cm³/mol. The Morgan fingerprint density at radius 2 is 2.18 bits per heavy atom. The van der Waals surface area contributed by atoms with Crippen LogP contribution in [0.15, 0.2) is 11.6 Å². The lowest BCUT2D eigenvalue weighted by molar-refractivity contribution is 0.171. The van der Waals surface area contributed by atoms with Gasteiger partial charge < -0.3 is 0 Å². The van der Waals surface area contributed by atoms with Crippen molar-refractivity contribution in [2.75, 3.05) is 13.1 Å². The average molecular weight is 151 g/mol. The first-order valence-corrected chi connectivity index (χ1v) is 4.51. The van der Waals surface area contributed by atoms with Crippen LogP contribution in [0.1, 0.15) is 27.2 Å². The van der Waals surface area contributed by atoms with Crippen LogP contribution in [-0.2, 0) is 0 Å². The van der Waals surface area contributed by atoms with Gasteiger partial charge in [-0.25, -0.2) is 0 Å². The predicted octanol–water partition coefficient (Wildman–Crippen LogP) is 2.05. The summed E-state index contributed by atoms with van der Waals surface area (Å²) in [5.41, 5.74) is 2.07. The second-order valence-corrected chi connectivity index (χ2v) is 4.76. The van der Waals surface area contributed by atoms with E-state index in [1.165, 1.54) is 19.5 Å². The molecule has 2 aliphatic rings. The van der Waals surface area contributed by atoms with Crippen molar-refractivity contribution in [3.63, 3.8) is 0 Å². The van der Waals surface area contributed by atoms with Gasteiger partial charge in [0.05, 0.1) is 0 Å². The standard InChI is InChI=1S/C10H17N/c1-10(2,3)11-6-8-4-5-9(8)7-11/h4,9H,5-7H2,1-3H3. The zero-order chi connectivity index (χ0) is 8.06. The lowest BCUT2D eigenvalue weighted by Crippen LogP contribution is -2.39. The number of fused-ring (bicyclic) bond motifs is 1. The van der Waals surface area contributed by atoms with Gasteiger partial charge in [0.1, 0.15) is 0 Å². The number of nitrogens with zero attached hydrogens (tertiary/aromatic N) is 1. The van der Waals surface area contributed by atoms with Crippen molar-refractivity contribution in [2.24, 2.45) is 5.92 Å². The normalized spacial score (nSPS) is 31.2. The highest BCUT2D eigenvalue weighted by Gasteiger charge is 2.36. The fourth-order valence-electron chi connectivity index (χ4n) is 1.90. The summed E-state index contributed by atoms with van der Waals surface area (Å²) in [5, 5.41) is 0. The van der Waals surface area contributed by atoms with Crippen LogP contribution in [0.2, 0.25) is 0 Å². The Hall–Kier alpha value is -0.300. The third-order valence-electron chi connectivity index (χ3n) is 2.95. The van der Waals surface area contributed by atoms with Gasteiger partial charge in [0.15, 0.2) is 0 Å². The fourth-order valence-corrected chi connectivity index (χ4v) is 1.90. The van der Waals surface area contributed by atoms with Gasteiger partial charge in [-0.05, 0) is 33.1 Å². The van der Waals surface area contributed by atoms with Crippen LogP contribution >= 0.6 is 0 Å². The minimum absolute atomic E-state index is 0.373. The molecule has 0 aromatic heterocycles. The number of rotatable bonds is 0. The van der Waals surface area contributed by atoms with Crippen LogP contribution in [0.5, 0.6) is 0 Å². The Morgan fingerprint density at radius 3 is 2.45 bits per heavy atom. The van der Waals surface area contributed by atoms with Crippen molar-refractivity contribution in [3.8, 4) is 0 Å². The molecule has 1 nitrogen and oxygen atoms in total. The lowest BCUT2D eigenvalue weighted by Gasteiger charge is -2.31. The van der Waals surface area contributed by atoms with E-state index in [0.29, 0.717) is 5.54 Å². The molecule has 62 valence electrons. The second kappa shape index (κ2) is 2.10. The molecule has 1 heterocycles. The van der Waals surface area contributed by atoms with E-state index in [-0.39, 0.29) is 0 Å². The topological polar surface area (TPSA) is 3.24 Å². The molecule has 2 rings (SSSR count). The first kappa shape index (κ1) is 7.35. The first-order valence-electron chi connectivity index (χ1n) is 4.51. The van der Waals surface area contributed by atoms with E-state index in [9.17, 15) is 0 Å². The third kappa shape index (κ3) is 1.12. The maximum atomic E-state index is 2.58. The van der Waals surface area contributed by atoms with E-state index in [1.807, 2.05) is 0 Å². The maximum absolute atomic E-state index is 2.58. The zero-order valence-corrected chi connectivity index (χ0v) is 7.72. The summed E-state index contributed by atoms with van der Waals surface area (Å²) in [5.74, 6) is 0.925. The molecule has 0 aromatic carbocycles. The summed E-state index contributed by atoms with van der Waals surface area (Å²) >= 11 is 0. The van der Waals surface area contributed by atoms with E-state index in [2.05, 4.69) is 31.7 Å². The first-order chi connectivity index (χ1) is 5.07. The molecule has 1 saturated heterocycles. The van der Waals surface area contributed by atoms with Crippen molar-refractivity contribution in [1.29, 1.82) is 0 Å². The maximum Gasteiger partial charge on any atom is 0.0201 e. The van der Waals surface area contributed by atoms with Crippen molar-refractivity contribution >= 4 is 0 Å². The molecule has 1 atom stereocenters. The Bertz CT molecular complexity index is 197. The number of hydrogen-bond donors (Lipinski definition) is 0.